The molecule has 7 nitrogen and oxygen atoms in total. The Morgan fingerprint density at radius 2 is 0.800 bits per heavy atom. The van der Waals surface area contributed by atoms with Gasteiger partial charge in [-0.2, -0.15) is 0 Å². The van der Waals surface area contributed by atoms with Gasteiger partial charge in [0.25, 0.3) is 0 Å². The molecule has 9 heteroatoms. The minimum Gasteiger partial charge on any atom is -0.508 e. The number of hydrogen-bond donors (Lipinski definition) is 2. The van der Waals surface area contributed by atoms with Gasteiger partial charge in [0.15, 0.2) is 19.7 Å². The molecule has 0 bridgehead atoms. The van der Waals surface area contributed by atoms with E-state index in [2.05, 4.69) is 0 Å². The first kappa shape index (κ1) is 24.3. The van der Waals surface area contributed by atoms with Crippen molar-refractivity contribution >= 4 is 19.7 Å². The van der Waals surface area contributed by atoms with Crippen molar-refractivity contribution in [1.29, 1.82) is 0 Å². The highest BCUT2D eigenvalue weighted by atomic mass is 32.2. The fourth-order valence-electron chi connectivity index (χ4n) is 3.36. The van der Waals surface area contributed by atoms with E-state index in [1.54, 1.807) is 24.3 Å². The Hall–Kier alpha value is -3.82. The third-order valence-corrected chi connectivity index (χ3v) is 8.59. The molecule has 0 heterocycles. The molecule has 4 aromatic rings. The molecule has 0 spiro atoms. The lowest BCUT2D eigenvalue weighted by Gasteiger charge is -2.09. The Labute approximate surface area is 203 Å². The van der Waals surface area contributed by atoms with Gasteiger partial charge < -0.3 is 14.9 Å². The van der Waals surface area contributed by atoms with Crippen molar-refractivity contribution in [3.63, 3.8) is 0 Å². The summed E-state index contributed by atoms with van der Waals surface area (Å²) in [6, 6.07) is 23.9. The van der Waals surface area contributed by atoms with E-state index in [0.717, 1.165) is 0 Å². The number of rotatable bonds is 8. The van der Waals surface area contributed by atoms with Gasteiger partial charge in [0.05, 0.1) is 21.3 Å². The summed E-state index contributed by atoms with van der Waals surface area (Å²) in [4.78, 5) is 0.266. The number of sulfone groups is 2. The molecule has 0 unspecified atom stereocenters. The van der Waals surface area contributed by atoms with Crippen LogP contribution >= 0.6 is 0 Å². The standard InChI is InChI=1S/C26H22O7S2/c27-21-5-1-19(2-6-21)17-34(29,30)25-13-9-23(10-14-25)33-24-11-15-26(16-12-24)35(31,32)18-20-3-7-22(28)8-4-20/h1-16,27-28H,17-18H2. The molecule has 35 heavy (non-hydrogen) atoms. The molecule has 0 radical (unpaired) electrons. The molecule has 0 aliphatic rings. The van der Waals surface area contributed by atoms with Crippen LogP contribution in [0.3, 0.4) is 0 Å². The largest absolute Gasteiger partial charge is 0.508 e. The van der Waals surface area contributed by atoms with Crippen LogP contribution in [-0.2, 0) is 31.2 Å². The van der Waals surface area contributed by atoms with Crippen LogP contribution in [0.25, 0.3) is 0 Å². The van der Waals surface area contributed by atoms with Crippen LogP contribution < -0.4 is 4.74 Å². The van der Waals surface area contributed by atoms with Crippen LogP contribution in [0.4, 0.5) is 0 Å². The maximum Gasteiger partial charge on any atom is 0.182 e. The van der Waals surface area contributed by atoms with Crippen LogP contribution in [0.5, 0.6) is 23.0 Å². The monoisotopic (exact) mass is 510 g/mol. The van der Waals surface area contributed by atoms with Crippen molar-refractivity contribution in [1.82, 2.24) is 0 Å². The van der Waals surface area contributed by atoms with Crippen LogP contribution in [0.2, 0.25) is 0 Å². The number of phenols is 2. The van der Waals surface area contributed by atoms with Crippen molar-refractivity contribution in [2.45, 2.75) is 21.3 Å². The van der Waals surface area contributed by atoms with Gasteiger partial charge in [-0.1, -0.05) is 24.3 Å². The predicted molar refractivity (Wildman–Crippen MR) is 131 cm³/mol. The van der Waals surface area contributed by atoms with Gasteiger partial charge in [0.2, 0.25) is 0 Å². The number of hydrogen-bond acceptors (Lipinski definition) is 7. The van der Waals surface area contributed by atoms with Gasteiger partial charge in [-0.25, -0.2) is 16.8 Å². The topological polar surface area (TPSA) is 118 Å². The van der Waals surface area contributed by atoms with E-state index in [-0.39, 0.29) is 32.8 Å². The second-order valence-corrected chi connectivity index (χ2v) is 11.9. The Morgan fingerprint density at radius 1 is 0.486 bits per heavy atom. The number of phenolic OH excluding ortho intramolecular Hbond substituents is 2. The summed E-state index contributed by atoms with van der Waals surface area (Å²) in [7, 11) is -7.17. The highest BCUT2D eigenvalue weighted by Crippen LogP contribution is 2.27. The highest BCUT2D eigenvalue weighted by Gasteiger charge is 2.17. The number of benzene rings is 4. The molecular weight excluding hydrogens is 488 g/mol. The van der Waals surface area contributed by atoms with Crippen molar-refractivity contribution < 1.29 is 31.8 Å². The zero-order valence-electron chi connectivity index (χ0n) is 18.4. The van der Waals surface area contributed by atoms with Crippen molar-refractivity contribution in [2.75, 3.05) is 0 Å². The Kier molecular flexibility index (Phi) is 6.81. The van der Waals surface area contributed by atoms with E-state index >= 15 is 0 Å². The normalized spacial score (nSPS) is 11.8. The zero-order chi connectivity index (χ0) is 25.1. The van der Waals surface area contributed by atoms with E-state index in [0.29, 0.717) is 22.6 Å². The molecule has 0 aliphatic heterocycles. The van der Waals surface area contributed by atoms with Crippen LogP contribution in [0.15, 0.2) is 107 Å². The quantitative estimate of drug-likeness (QED) is 0.348. The SMILES string of the molecule is O=S(=O)(Cc1ccc(O)cc1)c1ccc(Oc2ccc(S(=O)(=O)Cc3ccc(O)cc3)cc2)cc1. The smallest absolute Gasteiger partial charge is 0.182 e. The molecule has 4 rings (SSSR count). The summed E-state index contributed by atoms with van der Waals surface area (Å²) in [5, 5.41) is 18.7. The summed E-state index contributed by atoms with van der Waals surface area (Å²) >= 11 is 0. The lowest BCUT2D eigenvalue weighted by molar-refractivity contribution is 0.474. The average Bonchev–Trinajstić information content (AvgIpc) is 2.82. The fraction of sp³-hybridized carbons (Fsp3) is 0.0769. The van der Waals surface area contributed by atoms with Crippen LogP contribution in [0.1, 0.15) is 11.1 Å². The predicted octanol–water partition coefficient (Wildman–Crippen LogP) is 4.84. The molecule has 0 saturated heterocycles. The van der Waals surface area contributed by atoms with Gasteiger partial charge in [0.1, 0.15) is 23.0 Å². The summed E-state index contributed by atoms with van der Waals surface area (Å²) in [5.74, 6) is 0.522. The van der Waals surface area contributed by atoms with Crippen molar-refractivity contribution in [3.8, 4) is 23.0 Å². The Morgan fingerprint density at radius 3 is 1.11 bits per heavy atom. The minimum absolute atomic E-state index is 0.0654. The molecule has 180 valence electrons. The van der Waals surface area contributed by atoms with E-state index in [1.165, 1.54) is 72.8 Å². The molecule has 0 saturated carbocycles. The lowest BCUT2D eigenvalue weighted by Crippen LogP contribution is -2.05. The van der Waals surface area contributed by atoms with Gasteiger partial charge in [-0.3, -0.25) is 0 Å². The second-order valence-electron chi connectivity index (χ2n) is 7.90. The third-order valence-electron chi connectivity index (χ3n) is 5.19. The first-order chi connectivity index (χ1) is 16.6. The Bertz CT molecular complexity index is 1390. The second kappa shape index (κ2) is 9.81. The minimum atomic E-state index is -3.58. The first-order valence-corrected chi connectivity index (χ1v) is 13.8. The van der Waals surface area contributed by atoms with E-state index < -0.39 is 19.7 Å². The van der Waals surface area contributed by atoms with Gasteiger partial charge in [-0.05, 0) is 83.9 Å². The van der Waals surface area contributed by atoms with Crippen molar-refractivity contribution in [3.05, 3.63) is 108 Å². The van der Waals surface area contributed by atoms with Crippen LogP contribution in [0, 0.1) is 0 Å². The third kappa shape index (κ3) is 6.20. The average molecular weight is 511 g/mol. The molecule has 0 fully saturated rings. The maximum absolute atomic E-state index is 12.7. The van der Waals surface area contributed by atoms with E-state index in [1.807, 2.05) is 0 Å². The molecule has 0 aliphatic carbocycles. The van der Waals surface area contributed by atoms with E-state index in [9.17, 15) is 27.0 Å². The fourth-order valence-corrected chi connectivity index (χ4v) is 6.05. The molecular formula is C26H22O7S2. The zero-order valence-corrected chi connectivity index (χ0v) is 20.0. The molecule has 2 N–H and O–H groups in total. The van der Waals surface area contributed by atoms with Gasteiger partial charge in [0, 0.05) is 0 Å². The molecule has 0 aromatic heterocycles. The number of ether oxygens (including phenoxy) is 1. The molecule has 4 aromatic carbocycles. The lowest BCUT2D eigenvalue weighted by atomic mass is 10.2. The summed E-state index contributed by atoms with van der Waals surface area (Å²) in [6.07, 6.45) is 0. The van der Waals surface area contributed by atoms with Gasteiger partial charge in [-0.15, -0.1) is 0 Å². The number of aromatic hydroxyl groups is 2. The Balaban J connectivity index is 1.42. The maximum atomic E-state index is 12.7. The van der Waals surface area contributed by atoms with Gasteiger partial charge >= 0.3 is 0 Å². The highest BCUT2D eigenvalue weighted by molar-refractivity contribution is 7.91. The summed E-state index contributed by atoms with van der Waals surface area (Å²) < 4.78 is 56.4. The summed E-state index contributed by atoms with van der Waals surface area (Å²) in [6.45, 7) is 0. The molecule has 0 amide bonds. The molecule has 0 atom stereocenters. The first-order valence-electron chi connectivity index (χ1n) is 10.5. The van der Waals surface area contributed by atoms with E-state index in [4.69, 9.17) is 4.74 Å². The van der Waals surface area contributed by atoms with Crippen molar-refractivity contribution in [2.24, 2.45) is 0 Å². The van der Waals surface area contributed by atoms with Crippen LogP contribution in [-0.4, -0.2) is 27.0 Å². The summed E-state index contributed by atoms with van der Waals surface area (Å²) in [5.41, 5.74) is 1.12.